The van der Waals surface area contributed by atoms with Gasteiger partial charge in [-0.3, -0.25) is 0 Å². The Morgan fingerprint density at radius 3 is 2.69 bits per heavy atom. The molecular weight excluding hydrogens is 230 g/mol. The van der Waals surface area contributed by atoms with Crippen molar-refractivity contribution >= 4 is 23.4 Å². The molecule has 0 atom stereocenters. The van der Waals surface area contributed by atoms with Crippen molar-refractivity contribution in [3.05, 3.63) is 23.5 Å². The molecule has 1 amide bonds. The van der Waals surface area contributed by atoms with Gasteiger partial charge in [-0.2, -0.15) is 0 Å². The molecule has 1 heterocycles. The molecule has 0 aliphatic carbocycles. The Kier molecular flexibility index (Phi) is 3.72. The standard InChI is InChI=1S/C10H14ClN3O2/c1-10(2,3)16-9(15)14(12)7-5-4-6-13-8(7)11/h4-6H,12H2,1-3H3. The number of halogens is 1. The highest BCUT2D eigenvalue weighted by molar-refractivity contribution is 6.32. The lowest BCUT2D eigenvalue weighted by atomic mass is 10.2. The van der Waals surface area contributed by atoms with E-state index >= 15 is 0 Å². The van der Waals surface area contributed by atoms with E-state index in [-0.39, 0.29) is 5.15 Å². The summed E-state index contributed by atoms with van der Waals surface area (Å²) in [5, 5.41) is 0.983. The van der Waals surface area contributed by atoms with Crippen LogP contribution in [0.15, 0.2) is 18.3 Å². The van der Waals surface area contributed by atoms with Gasteiger partial charge in [0, 0.05) is 6.20 Å². The molecule has 1 aromatic heterocycles. The number of hydrazine groups is 1. The van der Waals surface area contributed by atoms with E-state index in [2.05, 4.69) is 4.98 Å². The lowest BCUT2D eigenvalue weighted by Crippen LogP contribution is -2.41. The molecule has 1 aromatic rings. The van der Waals surface area contributed by atoms with Crippen molar-refractivity contribution in [2.75, 3.05) is 5.01 Å². The fourth-order valence-electron chi connectivity index (χ4n) is 0.967. The van der Waals surface area contributed by atoms with Gasteiger partial charge in [-0.1, -0.05) is 11.6 Å². The molecule has 0 aliphatic heterocycles. The van der Waals surface area contributed by atoms with E-state index in [4.69, 9.17) is 22.2 Å². The Labute approximate surface area is 99.1 Å². The number of nitrogens with two attached hydrogens (primary N) is 1. The molecule has 0 unspecified atom stereocenters. The van der Waals surface area contributed by atoms with Crippen molar-refractivity contribution < 1.29 is 9.53 Å². The maximum atomic E-state index is 11.6. The van der Waals surface area contributed by atoms with Crippen molar-refractivity contribution in [1.29, 1.82) is 0 Å². The molecule has 0 radical (unpaired) electrons. The molecule has 0 saturated heterocycles. The second kappa shape index (κ2) is 4.67. The molecule has 1 rings (SSSR count). The Morgan fingerprint density at radius 1 is 1.56 bits per heavy atom. The molecule has 0 spiro atoms. The zero-order valence-corrected chi connectivity index (χ0v) is 10.2. The van der Waals surface area contributed by atoms with E-state index in [9.17, 15) is 4.79 Å². The van der Waals surface area contributed by atoms with E-state index in [0.29, 0.717) is 5.69 Å². The largest absolute Gasteiger partial charge is 0.442 e. The van der Waals surface area contributed by atoms with Gasteiger partial charge in [-0.25, -0.2) is 20.6 Å². The van der Waals surface area contributed by atoms with Crippen LogP contribution in [0.3, 0.4) is 0 Å². The fourth-order valence-corrected chi connectivity index (χ4v) is 1.18. The van der Waals surface area contributed by atoms with E-state index in [0.717, 1.165) is 5.01 Å². The molecule has 88 valence electrons. The highest BCUT2D eigenvalue weighted by Gasteiger charge is 2.22. The number of aromatic nitrogens is 1. The third-order valence-electron chi connectivity index (χ3n) is 1.59. The smallest absolute Gasteiger partial charge is 0.429 e. The highest BCUT2D eigenvalue weighted by atomic mass is 35.5. The first-order valence-corrected chi connectivity index (χ1v) is 5.07. The average Bonchev–Trinajstić information content (AvgIpc) is 2.15. The van der Waals surface area contributed by atoms with E-state index < -0.39 is 11.7 Å². The van der Waals surface area contributed by atoms with Crippen LogP contribution < -0.4 is 10.9 Å². The average molecular weight is 244 g/mol. The Balaban J connectivity index is 2.83. The molecule has 0 aromatic carbocycles. The number of ether oxygens (including phenoxy) is 1. The van der Waals surface area contributed by atoms with Gasteiger partial charge in [-0.15, -0.1) is 0 Å². The molecule has 0 fully saturated rings. The summed E-state index contributed by atoms with van der Waals surface area (Å²) in [5.41, 5.74) is -0.304. The van der Waals surface area contributed by atoms with Crippen molar-refractivity contribution in [1.82, 2.24) is 4.98 Å². The second-order valence-corrected chi connectivity index (χ2v) is 4.52. The quantitative estimate of drug-likeness (QED) is 0.356. The predicted octanol–water partition coefficient (Wildman–Crippen LogP) is 2.35. The van der Waals surface area contributed by atoms with Gasteiger partial charge in [0.05, 0.1) is 0 Å². The van der Waals surface area contributed by atoms with Gasteiger partial charge >= 0.3 is 6.09 Å². The van der Waals surface area contributed by atoms with Gasteiger partial charge < -0.3 is 4.74 Å². The van der Waals surface area contributed by atoms with Crippen LogP contribution in [-0.2, 0) is 4.74 Å². The number of hydrogen-bond acceptors (Lipinski definition) is 4. The number of hydrogen-bond donors (Lipinski definition) is 1. The Morgan fingerprint density at radius 2 is 2.19 bits per heavy atom. The fraction of sp³-hybridized carbons (Fsp3) is 0.400. The summed E-state index contributed by atoms with van der Waals surface area (Å²) in [5.74, 6) is 5.58. The van der Waals surface area contributed by atoms with Crippen LogP contribution in [0.25, 0.3) is 0 Å². The lowest BCUT2D eigenvalue weighted by molar-refractivity contribution is 0.0580. The van der Waals surface area contributed by atoms with Crippen LogP contribution in [0.2, 0.25) is 5.15 Å². The first kappa shape index (κ1) is 12.7. The molecule has 5 nitrogen and oxygen atoms in total. The first-order valence-electron chi connectivity index (χ1n) is 4.69. The van der Waals surface area contributed by atoms with Crippen molar-refractivity contribution in [2.45, 2.75) is 26.4 Å². The number of amides is 1. The minimum absolute atomic E-state index is 0.149. The molecule has 2 N–H and O–H groups in total. The van der Waals surface area contributed by atoms with Crippen molar-refractivity contribution in [3.8, 4) is 0 Å². The SMILES string of the molecule is CC(C)(C)OC(=O)N(N)c1cccnc1Cl. The minimum atomic E-state index is -0.678. The molecule has 0 bridgehead atoms. The third kappa shape index (κ3) is 3.36. The molecule has 6 heteroatoms. The van der Waals surface area contributed by atoms with Crippen LogP contribution in [-0.4, -0.2) is 16.7 Å². The zero-order chi connectivity index (χ0) is 12.3. The summed E-state index contributed by atoms with van der Waals surface area (Å²) in [6.07, 6.45) is 0.830. The molecule has 0 aliphatic rings. The first-order chi connectivity index (χ1) is 7.31. The number of nitrogens with zero attached hydrogens (tertiary/aromatic N) is 2. The summed E-state index contributed by atoms with van der Waals surface area (Å²) in [4.78, 5) is 15.4. The number of pyridine rings is 1. The second-order valence-electron chi connectivity index (χ2n) is 4.16. The maximum absolute atomic E-state index is 11.6. The van der Waals surface area contributed by atoms with Gasteiger partial charge in [0.1, 0.15) is 11.3 Å². The molecular formula is C10H14ClN3O2. The van der Waals surface area contributed by atoms with Crippen LogP contribution >= 0.6 is 11.6 Å². The number of rotatable bonds is 1. The number of anilines is 1. The zero-order valence-electron chi connectivity index (χ0n) is 9.40. The summed E-state index contributed by atoms with van der Waals surface area (Å²) in [6, 6.07) is 3.21. The summed E-state index contributed by atoms with van der Waals surface area (Å²) < 4.78 is 5.08. The molecule has 0 saturated carbocycles. The van der Waals surface area contributed by atoms with Crippen LogP contribution in [0.4, 0.5) is 10.5 Å². The predicted molar refractivity (Wildman–Crippen MR) is 62.1 cm³/mol. The third-order valence-corrected chi connectivity index (χ3v) is 1.88. The Hall–Kier alpha value is -1.33. The maximum Gasteiger partial charge on any atom is 0.429 e. The normalized spacial score (nSPS) is 11.1. The van der Waals surface area contributed by atoms with E-state index in [1.807, 2.05) is 0 Å². The van der Waals surface area contributed by atoms with Crippen molar-refractivity contribution in [3.63, 3.8) is 0 Å². The van der Waals surface area contributed by atoms with Crippen LogP contribution in [0, 0.1) is 0 Å². The minimum Gasteiger partial charge on any atom is -0.442 e. The van der Waals surface area contributed by atoms with Crippen LogP contribution in [0.1, 0.15) is 20.8 Å². The van der Waals surface area contributed by atoms with E-state index in [1.165, 1.54) is 6.20 Å². The van der Waals surface area contributed by atoms with E-state index in [1.54, 1.807) is 32.9 Å². The lowest BCUT2D eigenvalue weighted by Gasteiger charge is -2.24. The monoisotopic (exact) mass is 243 g/mol. The van der Waals surface area contributed by atoms with Crippen molar-refractivity contribution in [2.24, 2.45) is 5.84 Å². The number of carbonyl (C=O) groups is 1. The summed E-state index contributed by atoms with van der Waals surface area (Å²) in [7, 11) is 0. The van der Waals surface area contributed by atoms with Gasteiger partial charge in [0.2, 0.25) is 0 Å². The van der Waals surface area contributed by atoms with Crippen LogP contribution in [0.5, 0.6) is 0 Å². The summed E-state index contributed by atoms with van der Waals surface area (Å²) in [6.45, 7) is 5.26. The summed E-state index contributed by atoms with van der Waals surface area (Å²) >= 11 is 5.79. The Bertz CT molecular complexity index is 390. The number of carbonyl (C=O) groups excluding carboxylic acids is 1. The molecule has 16 heavy (non-hydrogen) atoms. The van der Waals surface area contributed by atoms with Gasteiger partial charge in [0.25, 0.3) is 0 Å². The topological polar surface area (TPSA) is 68.5 Å². The highest BCUT2D eigenvalue weighted by Crippen LogP contribution is 2.22. The van der Waals surface area contributed by atoms with Gasteiger partial charge in [-0.05, 0) is 32.9 Å². The van der Waals surface area contributed by atoms with Gasteiger partial charge in [0.15, 0.2) is 5.15 Å².